The molecule has 2 N–H and O–H groups in total. The van der Waals surface area contributed by atoms with Crippen molar-refractivity contribution in [1.29, 1.82) is 0 Å². The van der Waals surface area contributed by atoms with Gasteiger partial charge in [0.05, 0.1) is 24.4 Å². The Hall–Kier alpha value is -3.20. The predicted molar refractivity (Wildman–Crippen MR) is 101 cm³/mol. The Morgan fingerprint density at radius 3 is 2.37 bits per heavy atom. The molecule has 2 heterocycles. The van der Waals surface area contributed by atoms with Gasteiger partial charge in [-0.15, -0.1) is 0 Å². The van der Waals surface area contributed by atoms with Crippen molar-refractivity contribution in [3.8, 4) is 23.0 Å². The number of fused-ring (bicyclic) bond motifs is 2. The fraction of sp³-hybridized carbons (Fsp3) is 0.222. The number of hydrogen-bond acceptors (Lipinski definition) is 8. The van der Waals surface area contributed by atoms with Gasteiger partial charge in [-0.1, -0.05) is 11.3 Å². The number of carbonyl (C=O) groups excluding carboxylic acids is 1. The minimum absolute atomic E-state index is 0.336. The highest BCUT2D eigenvalue weighted by Crippen LogP contribution is 2.37. The minimum atomic E-state index is -0.336. The van der Waals surface area contributed by atoms with Crippen LogP contribution >= 0.6 is 11.3 Å². The molecule has 4 rings (SSSR count). The molecule has 0 atom stereocenters. The molecule has 0 spiro atoms. The monoisotopic (exact) mass is 387 g/mol. The molecule has 2 aromatic carbocycles. The Bertz CT molecular complexity index is 939. The quantitative estimate of drug-likeness (QED) is 0.651. The average molecular weight is 387 g/mol. The minimum Gasteiger partial charge on any atom is -0.497 e. The number of hydrazine groups is 1. The largest absolute Gasteiger partial charge is 0.497 e. The Morgan fingerprint density at radius 1 is 1.04 bits per heavy atom. The lowest BCUT2D eigenvalue weighted by atomic mass is 10.2. The number of amides is 1. The molecule has 0 saturated heterocycles. The lowest BCUT2D eigenvalue weighted by molar-refractivity contribution is 0.0962. The summed E-state index contributed by atoms with van der Waals surface area (Å²) in [6.45, 7) is 1.05. The Kier molecular flexibility index (Phi) is 4.59. The summed E-state index contributed by atoms with van der Waals surface area (Å²) in [6, 6.07) is 8.67. The van der Waals surface area contributed by atoms with Crippen LogP contribution in [-0.2, 0) is 0 Å². The van der Waals surface area contributed by atoms with E-state index < -0.39 is 0 Å². The first-order valence-corrected chi connectivity index (χ1v) is 8.97. The maximum absolute atomic E-state index is 12.4. The molecule has 0 bridgehead atoms. The molecule has 1 amide bonds. The lowest BCUT2D eigenvalue weighted by Crippen LogP contribution is -2.29. The highest BCUT2D eigenvalue weighted by atomic mass is 32.1. The van der Waals surface area contributed by atoms with Crippen molar-refractivity contribution in [3.05, 3.63) is 35.9 Å². The predicted octanol–water partition coefficient (Wildman–Crippen LogP) is 2.84. The number of nitrogens with zero attached hydrogens (tertiary/aromatic N) is 1. The smallest absolute Gasteiger partial charge is 0.269 e. The number of nitrogens with one attached hydrogen (secondary N) is 2. The van der Waals surface area contributed by atoms with Gasteiger partial charge >= 0.3 is 0 Å². The van der Waals surface area contributed by atoms with Crippen molar-refractivity contribution in [2.45, 2.75) is 0 Å². The van der Waals surface area contributed by atoms with Crippen LogP contribution in [0.2, 0.25) is 0 Å². The molecule has 0 fully saturated rings. The van der Waals surface area contributed by atoms with Gasteiger partial charge in [-0.3, -0.25) is 15.6 Å². The summed E-state index contributed by atoms with van der Waals surface area (Å²) in [5.74, 6) is 2.11. The molecule has 0 aliphatic carbocycles. The van der Waals surface area contributed by atoms with Crippen LogP contribution in [0, 0.1) is 0 Å². The zero-order valence-corrected chi connectivity index (χ0v) is 15.5. The summed E-state index contributed by atoms with van der Waals surface area (Å²) < 4.78 is 22.4. The van der Waals surface area contributed by atoms with Gasteiger partial charge in [0.25, 0.3) is 5.91 Å². The molecular formula is C18H17N3O5S. The second-order valence-corrected chi connectivity index (χ2v) is 6.69. The highest BCUT2D eigenvalue weighted by Gasteiger charge is 2.16. The first-order chi connectivity index (χ1) is 13.2. The molecule has 3 aromatic rings. The summed E-state index contributed by atoms with van der Waals surface area (Å²) in [4.78, 5) is 16.9. The molecule has 27 heavy (non-hydrogen) atoms. The second kappa shape index (κ2) is 7.20. The Morgan fingerprint density at radius 2 is 1.70 bits per heavy atom. The summed E-state index contributed by atoms with van der Waals surface area (Å²) >= 11 is 1.40. The third-order valence-corrected chi connectivity index (χ3v) is 4.88. The molecule has 1 aliphatic heterocycles. The van der Waals surface area contributed by atoms with E-state index in [-0.39, 0.29) is 5.91 Å². The van der Waals surface area contributed by atoms with E-state index >= 15 is 0 Å². The van der Waals surface area contributed by atoms with E-state index in [0.717, 1.165) is 10.2 Å². The van der Waals surface area contributed by atoms with Crippen molar-refractivity contribution in [2.24, 2.45) is 0 Å². The van der Waals surface area contributed by atoms with Crippen molar-refractivity contribution >= 4 is 32.6 Å². The van der Waals surface area contributed by atoms with Gasteiger partial charge in [0.1, 0.15) is 24.7 Å². The van der Waals surface area contributed by atoms with Crippen LogP contribution in [0.3, 0.4) is 0 Å². The van der Waals surface area contributed by atoms with Crippen LogP contribution in [0.5, 0.6) is 23.0 Å². The first kappa shape index (κ1) is 17.2. The maximum atomic E-state index is 12.4. The van der Waals surface area contributed by atoms with Crippen molar-refractivity contribution in [1.82, 2.24) is 10.4 Å². The Balaban J connectivity index is 1.50. The maximum Gasteiger partial charge on any atom is 0.269 e. The van der Waals surface area contributed by atoms with E-state index in [1.165, 1.54) is 25.6 Å². The van der Waals surface area contributed by atoms with Gasteiger partial charge in [0.15, 0.2) is 11.5 Å². The van der Waals surface area contributed by atoms with Crippen LogP contribution in [0.15, 0.2) is 30.3 Å². The van der Waals surface area contributed by atoms with Gasteiger partial charge in [0, 0.05) is 23.8 Å². The molecule has 1 aliphatic rings. The van der Waals surface area contributed by atoms with Gasteiger partial charge < -0.3 is 18.9 Å². The first-order valence-electron chi connectivity index (χ1n) is 8.16. The van der Waals surface area contributed by atoms with Crippen LogP contribution in [0.25, 0.3) is 10.2 Å². The van der Waals surface area contributed by atoms with Crippen molar-refractivity contribution < 1.29 is 23.7 Å². The number of carbonyl (C=O) groups is 1. The molecule has 140 valence electrons. The van der Waals surface area contributed by atoms with Gasteiger partial charge in [-0.25, -0.2) is 4.98 Å². The van der Waals surface area contributed by atoms with E-state index in [4.69, 9.17) is 18.9 Å². The van der Waals surface area contributed by atoms with Crippen molar-refractivity contribution in [3.63, 3.8) is 0 Å². The fourth-order valence-electron chi connectivity index (χ4n) is 2.64. The van der Waals surface area contributed by atoms with Crippen LogP contribution in [0.1, 0.15) is 10.4 Å². The van der Waals surface area contributed by atoms with Gasteiger partial charge in [-0.05, 0) is 12.1 Å². The highest BCUT2D eigenvalue weighted by molar-refractivity contribution is 7.22. The fourth-order valence-corrected chi connectivity index (χ4v) is 3.47. The number of thiazole rings is 1. The van der Waals surface area contributed by atoms with E-state index in [9.17, 15) is 4.79 Å². The lowest BCUT2D eigenvalue weighted by Gasteiger charge is -2.17. The molecular weight excluding hydrogens is 370 g/mol. The molecule has 8 nitrogen and oxygen atoms in total. The van der Waals surface area contributed by atoms with Crippen molar-refractivity contribution in [2.75, 3.05) is 32.9 Å². The number of rotatable bonds is 5. The number of hydrogen-bond donors (Lipinski definition) is 2. The molecule has 1 aromatic heterocycles. The number of anilines is 1. The third-order valence-electron chi connectivity index (χ3n) is 3.95. The molecule has 0 radical (unpaired) electrons. The van der Waals surface area contributed by atoms with E-state index in [1.54, 1.807) is 18.2 Å². The molecule has 0 unspecified atom stereocenters. The summed E-state index contributed by atoms with van der Waals surface area (Å²) in [7, 11) is 3.06. The average Bonchev–Trinajstić information content (AvgIpc) is 3.11. The summed E-state index contributed by atoms with van der Waals surface area (Å²) in [5, 5.41) is 0.551. The zero-order valence-electron chi connectivity index (χ0n) is 14.7. The summed E-state index contributed by atoms with van der Waals surface area (Å²) in [5.41, 5.74) is 6.64. The zero-order chi connectivity index (χ0) is 18.8. The molecule has 0 saturated carbocycles. The van der Waals surface area contributed by atoms with Crippen LogP contribution in [0.4, 0.5) is 5.13 Å². The van der Waals surface area contributed by atoms with E-state index in [0.29, 0.717) is 46.9 Å². The number of benzene rings is 2. The van der Waals surface area contributed by atoms with Crippen LogP contribution < -0.4 is 29.8 Å². The van der Waals surface area contributed by atoms with E-state index in [2.05, 4.69) is 15.8 Å². The van der Waals surface area contributed by atoms with Crippen LogP contribution in [-0.4, -0.2) is 38.3 Å². The standard InChI is InChI=1S/C18H17N3O5S/c1-23-11-5-10(6-12(7-11)24-2)17(22)20-21-18-19-13-8-14-15(9-16(13)27-18)26-4-3-25-14/h5-9H,3-4H2,1-2H3,(H,19,21)(H,20,22). The number of ether oxygens (including phenoxy) is 4. The third kappa shape index (κ3) is 3.54. The van der Waals surface area contributed by atoms with Gasteiger partial charge in [-0.2, -0.15) is 0 Å². The number of aromatic nitrogens is 1. The SMILES string of the molecule is COc1cc(OC)cc(C(=O)NNc2nc3cc4c(cc3s2)OCCO4)c1. The van der Waals surface area contributed by atoms with Gasteiger partial charge in [0.2, 0.25) is 5.13 Å². The second-order valence-electron chi connectivity index (χ2n) is 5.66. The normalized spacial score (nSPS) is 12.5. The van der Waals surface area contributed by atoms with E-state index in [1.807, 2.05) is 12.1 Å². The molecule has 9 heteroatoms. The Labute approximate surface area is 159 Å². The number of methoxy groups -OCH3 is 2. The summed E-state index contributed by atoms with van der Waals surface area (Å²) in [6.07, 6.45) is 0. The topological polar surface area (TPSA) is 90.9 Å².